The maximum absolute atomic E-state index is 12.7. The maximum atomic E-state index is 12.7. The summed E-state index contributed by atoms with van der Waals surface area (Å²) in [6.45, 7) is 1.85. The van der Waals surface area contributed by atoms with Crippen LogP contribution in [0.3, 0.4) is 0 Å². The minimum absolute atomic E-state index is 0.142. The molecule has 0 unspecified atom stereocenters. The number of rotatable bonds is 5. The normalized spacial score (nSPS) is 14.5. The van der Waals surface area contributed by atoms with Gasteiger partial charge in [0.1, 0.15) is 11.5 Å². The fourth-order valence-electron chi connectivity index (χ4n) is 2.87. The number of amides is 1. The molecule has 5 nitrogen and oxygen atoms in total. The van der Waals surface area contributed by atoms with Gasteiger partial charge >= 0.3 is 6.18 Å². The summed E-state index contributed by atoms with van der Waals surface area (Å²) in [6, 6.07) is 5.24. The van der Waals surface area contributed by atoms with Gasteiger partial charge in [-0.05, 0) is 30.9 Å². The quantitative estimate of drug-likeness (QED) is 0.884. The molecule has 0 radical (unpaired) electrons. The molecule has 0 atom stereocenters. The minimum Gasteiger partial charge on any atom is -0.368 e. The second-order valence-electron chi connectivity index (χ2n) is 6.16. The third kappa shape index (κ3) is 4.50. The van der Waals surface area contributed by atoms with E-state index >= 15 is 0 Å². The van der Waals surface area contributed by atoms with Crippen molar-refractivity contribution in [2.75, 3.05) is 25.0 Å². The fraction of sp³-hybridized carbons (Fsp3) is 0.389. The van der Waals surface area contributed by atoms with E-state index < -0.39 is 11.7 Å². The van der Waals surface area contributed by atoms with Crippen molar-refractivity contribution in [3.63, 3.8) is 0 Å². The Morgan fingerprint density at radius 1 is 1.19 bits per heavy atom. The van der Waals surface area contributed by atoms with Crippen molar-refractivity contribution in [1.29, 1.82) is 0 Å². The van der Waals surface area contributed by atoms with E-state index in [1.807, 2.05) is 0 Å². The standard InChI is InChI=1S/C18H19F3N4O/c19-18(20,21)14-5-3-4-13(10-14)6-7-23-16-12-22-11-15(24-16)17(26)25-8-1-2-9-25/h3-5,10-12H,1-2,6-9H2,(H,23,24). The SMILES string of the molecule is O=C(c1cncc(NCCc2cccc(C(F)(F)F)c2)n1)N1CCCC1. The van der Waals surface area contributed by atoms with Gasteiger partial charge in [0.15, 0.2) is 0 Å². The van der Waals surface area contributed by atoms with Crippen molar-refractivity contribution in [1.82, 2.24) is 14.9 Å². The van der Waals surface area contributed by atoms with E-state index in [4.69, 9.17) is 0 Å². The number of hydrogen-bond donors (Lipinski definition) is 1. The largest absolute Gasteiger partial charge is 0.416 e. The third-order valence-corrected chi connectivity index (χ3v) is 4.22. The number of alkyl halides is 3. The van der Waals surface area contributed by atoms with Crippen LogP contribution in [0.1, 0.15) is 34.5 Å². The molecule has 2 aromatic rings. The predicted octanol–water partition coefficient (Wildman–Crippen LogP) is 3.39. The molecule has 138 valence electrons. The monoisotopic (exact) mass is 364 g/mol. The maximum Gasteiger partial charge on any atom is 0.416 e. The van der Waals surface area contributed by atoms with Gasteiger partial charge < -0.3 is 10.2 Å². The first-order chi connectivity index (χ1) is 12.4. The highest BCUT2D eigenvalue weighted by Gasteiger charge is 2.30. The molecule has 1 aromatic heterocycles. The Hall–Kier alpha value is -2.64. The lowest BCUT2D eigenvalue weighted by molar-refractivity contribution is -0.137. The highest BCUT2D eigenvalue weighted by atomic mass is 19.4. The Bertz CT molecular complexity index is 773. The number of carbonyl (C=O) groups excluding carboxylic acids is 1. The number of carbonyl (C=O) groups is 1. The number of anilines is 1. The predicted molar refractivity (Wildman–Crippen MR) is 90.8 cm³/mol. The zero-order chi connectivity index (χ0) is 18.6. The Kier molecular flexibility index (Phi) is 5.39. The van der Waals surface area contributed by atoms with E-state index in [2.05, 4.69) is 15.3 Å². The van der Waals surface area contributed by atoms with Crippen molar-refractivity contribution >= 4 is 11.7 Å². The lowest BCUT2D eigenvalue weighted by atomic mass is 10.1. The molecule has 1 fully saturated rings. The van der Waals surface area contributed by atoms with Gasteiger partial charge in [-0.2, -0.15) is 13.2 Å². The molecular weight excluding hydrogens is 345 g/mol. The molecule has 26 heavy (non-hydrogen) atoms. The molecule has 0 bridgehead atoms. The molecule has 1 aliphatic heterocycles. The molecule has 0 saturated carbocycles. The molecule has 3 rings (SSSR count). The lowest BCUT2D eigenvalue weighted by Crippen LogP contribution is -2.28. The summed E-state index contributed by atoms with van der Waals surface area (Å²) in [6.07, 6.45) is 0.961. The minimum atomic E-state index is -4.35. The van der Waals surface area contributed by atoms with Crippen LogP contribution in [0.15, 0.2) is 36.7 Å². The van der Waals surface area contributed by atoms with Crippen molar-refractivity contribution in [2.24, 2.45) is 0 Å². The van der Waals surface area contributed by atoms with Crippen LogP contribution in [0.2, 0.25) is 0 Å². The lowest BCUT2D eigenvalue weighted by Gasteiger charge is -2.14. The second kappa shape index (κ2) is 7.72. The topological polar surface area (TPSA) is 58.1 Å². The van der Waals surface area contributed by atoms with Crippen molar-refractivity contribution in [3.05, 3.63) is 53.5 Å². The molecule has 0 aliphatic carbocycles. The van der Waals surface area contributed by atoms with Gasteiger partial charge in [-0.15, -0.1) is 0 Å². The molecule has 1 aromatic carbocycles. The number of nitrogens with zero attached hydrogens (tertiary/aromatic N) is 3. The van der Waals surface area contributed by atoms with E-state index in [1.165, 1.54) is 18.5 Å². The summed E-state index contributed by atoms with van der Waals surface area (Å²) < 4.78 is 38.2. The number of likely N-dealkylation sites (tertiary alicyclic amines) is 1. The van der Waals surface area contributed by atoms with Gasteiger partial charge in [-0.3, -0.25) is 9.78 Å². The third-order valence-electron chi connectivity index (χ3n) is 4.22. The molecule has 8 heteroatoms. The van der Waals surface area contributed by atoms with Crippen LogP contribution in [-0.4, -0.2) is 40.4 Å². The number of halogens is 3. The van der Waals surface area contributed by atoms with Crippen LogP contribution in [-0.2, 0) is 12.6 Å². The van der Waals surface area contributed by atoms with E-state index in [1.54, 1.807) is 11.0 Å². The van der Waals surface area contributed by atoms with Crippen molar-refractivity contribution in [3.8, 4) is 0 Å². The molecular formula is C18H19F3N4O. The fourth-order valence-corrected chi connectivity index (χ4v) is 2.87. The van der Waals surface area contributed by atoms with Crippen LogP contribution in [0.25, 0.3) is 0 Å². The Morgan fingerprint density at radius 3 is 2.69 bits per heavy atom. The Balaban J connectivity index is 1.58. The molecule has 0 spiro atoms. The summed E-state index contributed by atoms with van der Waals surface area (Å²) in [5, 5.41) is 3.01. The molecule has 2 heterocycles. The van der Waals surface area contributed by atoms with Gasteiger partial charge in [0, 0.05) is 19.6 Å². The summed E-state index contributed by atoms with van der Waals surface area (Å²) in [7, 11) is 0. The molecule has 1 N–H and O–H groups in total. The van der Waals surface area contributed by atoms with Gasteiger partial charge in [0.05, 0.1) is 18.0 Å². The first-order valence-electron chi connectivity index (χ1n) is 8.45. The van der Waals surface area contributed by atoms with Crippen LogP contribution in [0.4, 0.5) is 19.0 Å². The van der Waals surface area contributed by atoms with Crippen molar-refractivity contribution < 1.29 is 18.0 Å². The summed E-state index contributed by atoms with van der Waals surface area (Å²) in [5.41, 5.74) is 0.188. The smallest absolute Gasteiger partial charge is 0.368 e. The van der Waals surface area contributed by atoms with E-state index in [0.717, 1.165) is 38.1 Å². The van der Waals surface area contributed by atoms with Gasteiger partial charge in [0.2, 0.25) is 0 Å². The summed E-state index contributed by atoms with van der Waals surface area (Å²) in [4.78, 5) is 22.3. The number of hydrogen-bond acceptors (Lipinski definition) is 4. The highest BCUT2D eigenvalue weighted by molar-refractivity contribution is 5.92. The van der Waals surface area contributed by atoms with Crippen LogP contribution in [0, 0.1) is 0 Å². The summed E-state index contributed by atoms with van der Waals surface area (Å²) in [5.74, 6) is 0.290. The first-order valence-corrected chi connectivity index (χ1v) is 8.45. The Morgan fingerprint density at radius 2 is 1.96 bits per heavy atom. The zero-order valence-electron chi connectivity index (χ0n) is 14.1. The zero-order valence-corrected chi connectivity index (χ0v) is 14.1. The van der Waals surface area contributed by atoms with Crippen LogP contribution < -0.4 is 5.32 Å². The number of aromatic nitrogens is 2. The van der Waals surface area contributed by atoms with E-state index in [-0.39, 0.29) is 11.6 Å². The number of benzene rings is 1. The van der Waals surface area contributed by atoms with Crippen LogP contribution in [0.5, 0.6) is 0 Å². The molecule has 1 saturated heterocycles. The first kappa shape index (κ1) is 18.2. The average Bonchev–Trinajstić information content (AvgIpc) is 3.15. The highest BCUT2D eigenvalue weighted by Crippen LogP contribution is 2.29. The van der Waals surface area contributed by atoms with E-state index in [0.29, 0.717) is 24.3 Å². The molecule has 1 aliphatic rings. The van der Waals surface area contributed by atoms with Gasteiger partial charge in [-0.25, -0.2) is 4.98 Å². The van der Waals surface area contributed by atoms with E-state index in [9.17, 15) is 18.0 Å². The van der Waals surface area contributed by atoms with Gasteiger partial charge in [-0.1, -0.05) is 18.2 Å². The number of nitrogens with one attached hydrogen (secondary N) is 1. The second-order valence-corrected chi connectivity index (χ2v) is 6.16. The van der Waals surface area contributed by atoms with Crippen molar-refractivity contribution in [2.45, 2.75) is 25.4 Å². The Labute approximate surface area is 149 Å². The van der Waals surface area contributed by atoms with Crippen LogP contribution >= 0.6 is 0 Å². The molecule has 1 amide bonds. The summed E-state index contributed by atoms with van der Waals surface area (Å²) >= 11 is 0. The average molecular weight is 364 g/mol. The van der Waals surface area contributed by atoms with Gasteiger partial charge in [0.25, 0.3) is 5.91 Å².